The molecule has 4 aromatic rings. The molecule has 0 atom stereocenters. The van der Waals surface area contributed by atoms with Crippen LogP contribution in [0.2, 0.25) is 5.02 Å². The highest BCUT2D eigenvalue weighted by atomic mass is 35.5. The molecule has 2 aromatic heterocycles. The second-order valence-corrected chi connectivity index (χ2v) is 8.64. The van der Waals surface area contributed by atoms with Crippen LogP contribution in [0.4, 0.5) is 5.69 Å². The lowest BCUT2D eigenvalue weighted by molar-refractivity contribution is -0.113. The Kier molecular flexibility index (Phi) is 6.73. The van der Waals surface area contributed by atoms with Gasteiger partial charge in [-0.2, -0.15) is 5.26 Å². The molecule has 0 spiro atoms. The first-order valence-corrected chi connectivity index (χ1v) is 11.4. The highest BCUT2D eigenvalue weighted by molar-refractivity contribution is 7.99. The van der Waals surface area contributed by atoms with Crippen molar-refractivity contribution in [1.29, 1.82) is 5.26 Å². The molecule has 2 aromatic carbocycles. The van der Waals surface area contributed by atoms with Crippen LogP contribution in [0.15, 0.2) is 66.1 Å². The molecule has 1 N–H and O–H groups in total. The number of benzene rings is 2. The summed E-state index contributed by atoms with van der Waals surface area (Å²) in [6, 6.07) is 16.7. The number of carbonyl (C=O) groups excluding carboxylic acids is 1. The molecule has 33 heavy (non-hydrogen) atoms. The van der Waals surface area contributed by atoms with Crippen molar-refractivity contribution in [3.63, 3.8) is 0 Å². The predicted octanol–water partition coefficient (Wildman–Crippen LogP) is 5.20. The van der Waals surface area contributed by atoms with Crippen LogP contribution in [0.1, 0.15) is 16.7 Å². The summed E-state index contributed by atoms with van der Waals surface area (Å²) in [5.41, 5.74) is 5.00. The Balaban J connectivity index is 1.59. The van der Waals surface area contributed by atoms with Crippen LogP contribution in [0.25, 0.3) is 17.1 Å². The molecule has 0 radical (unpaired) electrons. The fourth-order valence-electron chi connectivity index (χ4n) is 3.16. The quantitative estimate of drug-likeness (QED) is 0.386. The van der Waals surface area contributed by atoms with Gasteiger partial charge >= 0.3 is 0 Å². The van der Waals surface area contributed by atoms with Crippen LogP contribution in [0.3, 0.4) is 0 Å². The van der Waals surface area contributed by atoms with E-state index in [9.17, 15) is 4.79 Å². The molecule has 2 heterocycles. The molecular weight excluding hydrogens is 456 g/mol. The summed E-state index contributed by atoms with van der Waals surface area (Å²) in [5.74, 6) is 0.569. The van der Waals surface area contributed by atoms with Gasteiger partial charge in [0.1, 0.15) is 6.07 Å². The number of aryl methyl sites for hydroxylation is 2. The Morgan fingerprint density at radius 1 is 1.09 bits per heavy atom. The fourth-order valence-corrected chi connectivity index (χ4v) is 4.13. The number of hydrogen-bond acceptors (Lipinski definition) is 6. The summed E-state index contributed by atoms with van der Waals surface area (Å²) >= 11 is 7.34. The van der Waals surface area contributed by atoms with Gasteiger partial charge in [-0.1, -0.05) is 29.4 Å². The van der Waals surface area contributed by atoms with E-state index in [2.05, 4.69) is 46.5 Å². The van der Waals surface area contributed by atoms with E-state index in [4.69, 9.17) is 16.9 Å². The Morgan fingerprint density at radius 2 is 1.88 bits per heavy atom. The molecule has 1 amide bonds. The number of amides is 1. The van der Waals surface area contributed by atoms with Gasteiger partial charge in [-0.15, -0.1) is 10.2 Å². The zero-order valence-electron chi connectivity index (χ0n) is 17.9. The van der Waals surface area contributed by atoms with Gasteiger partial charge in [0.15, 0.2) is 11.0 Å². The Hall–Kier alpha value is -3.67. The van der Waals surface area contributed by atoms with Gasteiger partial charge in [0.2, 0.25) is 5.91 Å². The molecule has 4 rings (SSSR count). The van der Waals surface area contributed by atoms with E-state index in [1.54, 1.807) is 30.6 Å². The highest BCUT2D eigenvalue weighted by Gasteiger charge is 2.18. The number of nitrogens with zero attached hydrogens (tertiary/aromatic N) is 5. The van der Waals surface area contributed by atoms with Crippen molar-refractivity contribution in [3.8, 4) is 23.1 Å². The summed E-state index contributed by atoms with van der Waals surface area (Å²) in [5, 5.41) is 21.4. The number of anilines is 1. The molecule has 0 saturated carbocycles. The van der Waals surface area contributed by atoms with Gasteiger partial charge in [0.25, 0.3) is 0 Å². The zero-order chi connectivity index (χ0) is 23.4. The maximum absolute atomic E-state index is 12.6. The highest BCUT2D eigenvalue weighted by Crippen LogP contribution is 2.29. The first kappa shape index (κ1) is 22.5. The fraction of sp³-hybridized carbons (Fsp3) is 0.125. The smallest absolute Gasteiger partial charge is 0.234 e. The van der Waals surface area contributed by atoms with Crippen molar-refractivity contribution >= 4 is 35.0 Å². The summed E-state index contributed by atoms with van der Waals surface area (Å²) in [4.78, 5) is 16.6. The molecule has 0 unspecified atom stereocenters. The van der Waals surface area contributed by atoms with Gasteiger partial charge in [-0.25, -0.2) is 0 Å². The summed E-state index contributed by atoms with van der Waals surface area (Å²) in [6.45, 7) is 4.11. The third kappa shape index (κ3) is 5.06. The number of aromatic nitrogens is 4. The van der Waals surface area contributed by atoms with E-state index < -0.39 is 0 Å². The third-order valence-electron chi connectivity index (χ3n) is 5.03. The molecule has 0 bridgehead atoms. The number of nitrogens with one attached hydrogen (secondary N) is 1. The average Bonchev–Trinajstić information content (AvgIpc) is 3.24. The number of carbonyl (C=O) groups is 1. The zero-order valence-corrected chi connectivity index (χ0v) is 19.5. The van der Waals surface area contributed by atoms with E-state index >= 15 is 0 Å². The van der Waals surface area contributed by atoms with Gasteiger partial charge in [0, 0.05) is 23.6 Å². The second-order valence-electron chi connectivity index (χ2n) is 7.29. The van der Waals surface area contributed by atoms with Crippen LogP contribution in [-0.2, 0) is 4.79 Å². The van der Waals surface area contributed by atoms with Gasteiger partial charge in [-0.05, 0) is 67.4 Å². The summed E-state index contributed by atoms with van der Waals surface area (Å²) in [6.07, 6.45) is 3.41. The van der Waals surface area contributed by atoms with Crippen LogP contribution in [-0.4, -0.2) is 31.4 Å². The van der Waals surface area contributed by atoms with Crippen molar-refractivity contribution in [1.82, 2.24) is 19.7 Å². The SMILES string of the molecule is Cc1ccc(-n2c(SCC(=O)Nc3ccc(C#N)c(Cl)c3)nnc2-c2ccncc2)cc1C. The standard InChI is InChI=1S/C24H19ClN6OS/c1-15-3-6-20(11-16(15)2)31-23(17-7-9-27-10-8-17)29-30-24(31)33-14-22(32)28-19-5-4-18(13-26)21(25)12-19/h3-12H,14H2,1-2H3,(H,28,32). The minimum Gasteiger partial charge on any atom is -0.325 e. The number of thioether (sulfide) groups is 1. The predicted molar refractivity (Wildman–Crippen MR) is 130 cm³/mol. The molecule has 0 aliphatic rings. The van der Waals surface area contributed by atoms with Crippen molar-refractivity contribution in [3.05, 3.63) is 82.6 Å². The summed E-state index contributed by atoms with van der Waals surface area (Å²) in [7, 11) is 0. The van der Waals surface area contributed by atoms with E-state index in [0.29, 0.717) is 27.3 Å². The number of pyridine rings is 1. The van der Waals surface area contributed by atoms with Crippen molar-refractivity contribution in [2.75, 3.05) is 11.1 Å². The maximum Gasteiger partial charge on any atom is 0.234 e. The van der Waals surface area contributed by atoms with Crippen LogP contribution in [0.5, 0.6) is 0 Å². The molecule has 9 heteroatoms. The number of nitriles is 1. The molecule has 0 fully saturated rings. The van der Waals surface area contributed by atoms with Crippen LogP contribution in [0, 0.1) is 25.2 Å². The maximum atomic E-state index is 12.6. The van der Waals surface area contributed by atoms with Crippen LogP contribution < -0.4 is 5.32 Å². The van der Waals surface area contributed by atoms with E-state index in [1.807, 2.05) is 28.8 Å². The molecule has 0 saturated heterocycles. The number of rotatable bonds is 6. The molecular formula is C24H19ClN6OS. The number of hydrogen-bond donors (Lipinski definition) is 1. The number of halogens is 1. The molecule has 7 nitrogen and oxygen atoms in total. The lowest BCUT2D eigenvalue weighted by Gasteiger charge is -2.12. The first-order chi connectivity index (χ1) is 16.0. The molecule has 0 aliphatic carbocycles. The van der Waals surface area contributed by atoms with Crippen molar-refractivity contribution in [2.45, 2.75) is 19.0 Å². The first-order valence-electron chi connectivity index (χ1n) is 10.0. The lowest BCUT2D eigenvalue weighted by Crippen LogP contribution is -2.14. The van der Waals surface area contributed by atoms with E-state index in [0.717, 1.165) is 16.8 Å². The minimum absolute atomic E-state index is 0.122. The second kappa shape index (κ2) is 9.86. The molecule has 164 valence electrons. The van der Waals surface area contributed by atoms with Crippen molar-refractivity contribution in [2.24, 2.45) is 0 Å². The Morgan fingerprint density at radius 3 is 2.58 bits per heavy atom. The van der Waals surface area contributed by atoms with Gasteiger partial charge < -0.3 is 5.32 Å². The van der Waals surface area contributed by atoms with Crippen molar-refractivity contribution < 1.29 is 4.79 Å². The third-order valence-corrected chi connectivity index (χ3v) is 6.27. The minimum atomic E-state index is -0.221. The van der Waals surface area contributed by atoms with Gasteiger partial charge in [0.05, 0.1) is 22.0 Å². The van der Waals surface area contributed by atoms with Gasteiger partial charge in [-0.3, -0.25) is 14.3 Å². The normalized spacial score (nSPS) is 10.6. The summed E-state index contributed by atoms with van der Waals surface area (Å²) < 4.78 is 1.94. The lowest BCUT2D eigenvalue weighted by atomic mass is 10.1. The van der Waals surface area contributed by atoms with E-state index in [-0.39, 0.29) is 11.7 Å². The average molecular weight is 475 g/mol. The van der Waals surface area contributed by atoms with E-state index in [1.165, 1.54) is 17.3 Å². The topological polar surface area (TPSA) is 96.5 Å². The monoisotopic (exact) mass is 474 g/mol. The largest absolute Gasteiger partial charge is 0.325 e. The van der Waals surface area contributed by atoms with Crippen LogP contribution >= 0.6 is 23.4 Å². The molecule has 0 aliphatic heterocycles. The Bertz CT molecular complexity index is 1360. The Labute approximate surface area is 200 Å².